The Balaban J connectivity index is 2.23. The molecule has 0 amide bonds. The number of hydrogen-bond donors (Lipinski definition) is 1. The van der Waals surface area contributed by atoms with Gasteiger partial charge in [-0.3, -0.25) is 4.72 Å². The van der Waals surface area contributed by atoms with Crippen LogP contribution in [0.5, 0.6) is 0 Å². The van der Waals surface area contributed by atoms with E-state index in [9.17, 15) is 17.6 Å². The fraction of sp³-hybridized carbons (Fsp3) is 0.211. The van der Waals surface area contributed by atoms with E-state index in [2.05, 4.69) is 20.7 Å². The summed E-state index contributed by atoms with van der Waals surface area (Å²) in [6, 6.07) is 8.58. The minimum atomic E-state index is -3.50. The number of anilines is 1. The van der Waals surface area contributed by atoms with Crippen LogP contribution in [0.15, 0.2) is 45.3 Å². The molecule has 6 nitrogen and oxygen atoms in total. The smallest absolute Gasteiger partial charge is 0.342 e. The second-order valence-electron chi connectivity index (χ2n) is 5.87. The zero-order chi connectivity index (χ0) is 20.5. The first-order valence-corrected chi connectivity index (χ1v) is 10.9. The lowest BCUT2D eigenvalue weighted by atomic mass is 10.1. The quantitative estimate of drug-likeness (QED) is 0.516. The molecule has 148 valence electrons. The van der Waals surface area contributed by atoms with Crippen molar-refractivity contribution >= 4 is 48.6 Å². The van der Waals surface area contributed by atoms with Gasteiger partial charge in [0, 0.05) is 21.5 Å². The van der Waals surface area contributed by atoms with Crippen LogP contribution in [0.3, 0.4) is 0 Å². The third-order valence-corrected chi connectivity index (χ3v) is 5.96. The maximum absolute atomic E-state index is 13.3. The number of fused-ring (bicyclic) bond motifs is 1. The van der Waals surface area contributed by atoms with Gasteiger partial charge in [0.1, 0.15) is 22.7 Å². The maximum Gasteiger partial charge on any atom is 0.342 e. The highest BCUT2D eigenvalue weighted by atomic mass is 79.9. The van der Waals surface area contributed by atoms with E-state index in [0.717, 1.165) is 0 Å². The lowest BCUT2D eigenvalue weighted by molar-refractivity contribution is 0.0528. The molecule has 0 atom stereocenters. The predicted molar refractivity (Wildman–Crippen MR) is 108 cm³/mol. The molecule has 0 aliphatic heterocycles. The number of ether oxygens (including phenoxy) is 1. The van der Waals surface area contributed by atoms with Crippen LogP contribution in [-0.4, -0.2) is 26.7 Å². The summed E-state index contributed by atoms with van der Waals surface area (Å²) in [6.45, 7) is 3.38. The van der Waals surface area contributed by atoms with Gasteiger partial charge in [-0.05, 0) is 60.1 Å². The number of hydrogen-bond acceptors (Lipinski definition) is 5. The van der Waals surface area contributed by atoms with Crippen molar-refractivity contribution in [2.45, 2.75) is 13.8 Å². The summed E-state index contributed by atoms with van der Waals surface area (Å²) in [6.07, 6.45) is 0. The van der Waals surface area contributed by atoms with E-state index in [1.54, 1.807) is 13.0 Å². The fourth-order valence-corrected chi connectivity index (χ4v) is 3.87. The zero-order valence-corrected chi connectivity index (χ0v) is 17.5. The van der Waals surface area contributed by atoms with Crippen LogP contribution in [0.25, 0.3) is 22.3 Å². The minimum Gasteiger partial charge on any atom is -0.462 e. The summed E-state index contributed by atoms with van der Waals surface area (Å²) in [4.78, 5) is 12.6. The van der Waals surface area contributed by atoms with Crippen LogP contribution in [0.2, 0.25) is 0 Å². The first kappa shape index (κ1) is 20.3. The molecule has 1 N–H and O–H groups in total. The van der Waals surface area contributed by atoms with Gasteiger partial charge in [-0.2, -0.15) is 0 Å². The number of halogens is 2. The van der Waals surface area contributed by atoms with Crippen LogP contribution in [0.4, 0.5) is 10.1 Å². The highest BCUT2D eigenvalue weighted by molar-refractivity contribution is 9.10. The van der Waals surface area contributed by atoms with Gasteiger partial charge in [0.05, 0.1) is 18.0 Å². The Morgan fingerprint density at radius 3 is 2.50 bits per heavy atom. The molecule has 9 heteroatoms. The normalized spacial score (nSPS) is 11.6. The summed E-state index contributed by atoms with van der Waals surface area (Å²) < 4.78 is 51.0. The highest BCUT2D eigenvalue weighted by Gasteiger charge is 2.25. The van der Waals surface area contributed by atoms with Crippen LogP contribution >= 0.6 is 15.9 Å². The summed E-state index contributed by atoms with van der Waals surface area (Å²) in [5.41, 5.74) is 1.25. The number of benzene rings is 2. The molecule has 0 saturated carbocycles. The van der Waals surface area contributed by atoms with Crippen LogP contribution in [0.1, 0.15) is 24.2 Å². The van der Waals surface area contributed by atoms with E-state index in [-0.39, 0.29) is 29.4 Å². The molecule has 0 spiro atoms. The molecule has 3 rings (SSSR count). The van der Waals surface area contributed by atoms with Gasteiger partial charge in [-0.1, -0.05) is 0 Å². The topological polar surface area (TPSA) is 85.6 Å². The molecule has 0 aliphatic rings. The van der Waals surface area contributed by atoms with E-state index >= 15 is 0 Å². The van der Waals surface area contributed by atoms with Crippen LogP contribution in [-0.2, 0) is 14.8 Å². The number of nitrogens with one attached hydrogen (secondary N) is 1. The van der Waals surface area contributed by atoms with E-state index in [1.807, 2.05) is 0 Å². The Hall–Kier alpha value is -2.39. The summed E-state index contributed by atoms with van der Waals surface area (Å²) in [5, 5.41) is 0.448. The van der Waals surface area contributed by atoms with Crippen molar-refractivity contribution in [1.29, 1.82) is 0 Å². The van der Waals surface area contributed by atoms with Gasteiger partial charge in [0.2, 0.25) is 10.0 Å². The fourth-order valence-electron chi connectivity index (χ4n) is 2.64. The van der Waals surface area contributed by atoms with Crippen LogP contribution < -0.4 is 4.72 Å². The highest BCUT2D eigenvalue weighted by Crippen LogP contribution is 2.38. The van der Waals surface area contributed by atoms with E-state index < -0.39 is 21.8 Å². The molecular formula is C19H17BrFNO5S. The number of rotatable bonds is 6. The molecular weight excluding hydrogens is 453 g/mol. The molecule has 1 heterocycles. The Bertz CT molecular complexity index is 1140. The van der Waals surface area contributed by atoms with Gasteiger partial charge in [0.25, 0.3) is 0 Å². The second kappa shape index (κ2) is 7.92. The van der Waals surface area contributed by atoms with Crippen molar-refractivity contribution in [2.75, 3.05) is 17.1 Å². The third-order valence-electron chi connectivity index (χ3n) is 4.01. The third kappa shape index (κ3) is 4.05. The first-order valence-electron chi connectivity index (χ1n) is 8.45. The zero-order valence-electron chi connectivity index (χ0n) is 15.1. The van der Waals surface area contributed by atoms with E-state index in [0.29, 0.717) is 21.0 Å². The van der Waals surface area contributed by atoms with Crippen molar-refractivity contribution in [3.63, 3.8) is 0 Å². The second-order valence-corrected chi connectivity index (χ2v) is 8.73. The number of carbonyl (C=O) groups excluding carboxylic acids is 1. The van der Waals surface area contributed by atoms with Crippen molar-refractivity contribution in [3.05, 3.63) is 52.3 Å². The molecule has 0 fully saturated rings. The maximum atomic E-state index is 13.3. The molecule has 0 bridgehead atoms. The Kier molecular flexibility index (Phi) is 5.76. The van der Waals surface area contributed by atoms with E-state index in [4.69, 9.17) is 9.15 Å². The van der Waals surface area contributed by atoms with Crippen molar-refractivity contribution in [3.8, 4) is 11.3 Å². The molecule has 1 aromatic heterocycles. The van der Waals surface area contributed by atoms with Crippen molar-refractivity contribution in [1.82, 2.24) is 0 Å². The lowest BCUT2D eigenvalue weighted by Crippen LogP contribution is -2.14. The summed E-state index contributed by atoms with van der Waals surface area (Å²) in [5.74, 6) is -0.883. The van der Waals surface area contributed by atoms with Crippen molar-refractivity contribution < 1.29 is 26.8 Å². The molecule has 0 aliphatic carbocycles. The number of sulfonamides is 1. The molecule has 28 heavy (non-hydrogen) atoms. The molecule has 0 saturated heterocycles. The summed E-state index contributed by atoms with van der Waals surface area (Å²) >= 11 is 3.33. The Labute approximate surface area is 169 Å². The Morgan fingerprint density at radius 2 is 1.89 bits per heavy atom. The average molecular weight is 470 g/mol. The number of esters is 1. The van der Waals surface area contributed by atoms with Gasteiger partial charge in [-0.15, -0.1) is 0 Å². The van der Waals surface area contributed by atoms with Crippen LogP contribution in [0, 0.1) is 5.82 Å². The average Bonchev–Trinajstić information content (AvgIpc) is 3.01. The number of carbonyl (C=O) groups is 1. The van der Waals surface area contributed by atoms with Gasteiger partial charge < -0.3 is 9.15 Å². The van der Waals surface area contributed by atoms with Gasteiger partial charge >= 0.3 is 5.97 Å². The summed E-state index contributed by atoms with van der Waals surface area (Å²) in [7, 11) is -3.50. The van der Waals surface area contributed by atoms with Gasteiger partial charge in [0.15, 0.2) is 0 Å². The van der Waals surface area contributed by atoms with Gasteiger partial charge in [-0.25, -0.2) is 17.6 Å². The first-order chi connectivity index (χ1) is 13.3. The predicted octanol–water partition coefficient (Wildman–Crippen LogP) is 4.94. The minimum absolute atomic E-state index is 0.0927. The Morgan fingerprint density at radius 1 is 1.21 bits per heavy atom. The molecule has 3 aromatic rings. The lowest BCUT2D eigenvalue weighted by Gasteiger charge is -2.08. The van der Waals surface area contributed by atoms with Crippen molar-refractivity contribution in [2.24, 2.45) is 0 Å². The van der Waals surface area contributed by atoms with E-state index in [1.165, 1.54) is 37.3 Å². The SMILES string of the molecule is CCOC(=O)c1c(-c2ccc(F)cc2)oc2cc(NS(=O)(=O)CC)c(Br)cc12. The molecule has 0 unspecified atom stereocenters. The monoisotopic (exact) mass is 469 g/mol. The largest absolute Gasteiger partial charge is 0.462 e. The standard InChI is InChI=1S/C19H17BrFNO5S/c1-3-26-19(23)17-13-9-14(20)15(22-28(24,25)4-2)10-16(13)27-18(17)11-5-7-12(21)8-6-11/h5-10,22H,3-4H2,1-2H3. The molecule has 2 aromatic carbocycles. The number of furan rings is 1. The molecule has 0 radical (unpaired) electrons.